The lowest BCUT2D eigenvalue weighted by atomic mass is 10.3. The van der Waals surface area contributed by atoms with E-state index in [1.54, 1.807) is 23.1 Å². The number of rotatable bonds is 4. The predicted molar refractivity (Wildman–Crippen MR) is 80.2 cm³/mol. The van der Waals surface area contributed by atoms with Crippen LogP contribution in [0.1, 0.15) is 42.6 Å². The Morgan fingerprint density at radius 2 is 2.15 bits per heavy atom. The summed E-state index contributed by atoms with van der Waals surface area (Å²) in [7, 11) is 0. The Hall–Kier alpha value is -1.40. The third kappa shape index (κ3) is 2.33. The van der Waals surface area contributed by atoms with E-state index in [9.17, 15) is 0 Å². The fourth-order valence-electron chi connectivity index (χ4n) is 2.02. The molecule has 0 N–H and O–H groups in total. The first kappa shape index (κ1) is 12.3. The van der Waals surface area contributed by atoms with Gasteiger partial charge in [-0.15, -0.1) is 11.3 Å². The zero-order valence-corrected chi connectivity index (χ0v) is 12.6. The van der Waals surface area contributed by atoms with E-state index in [0.717, 1.165) is 15.7 Å². The van der Waals surface area contributed by atoms with Crippen LogP contribution in [0.5, 0.6) is 0 Å². The van der Waals surface area contributed by atoms with E-state index in [1.165, 1.54) is 17.5 Å². The second-order valence-corrected chi connectivity index (χ2v) is 7.59. The normalized spacial score (nSPS) is 16.6. The molecule has 0 aliphatic heterocycles. The Morgan fingerprint density at radius 3 is 2.95 bits per heavy atom. The van der Waals surface area contributed by atoms with Crippen LogP contribution in [0.3, 0.4) is 0 Å². The molecule has 0 bridgehead atoms. The summed E-state index contributed by atoms with van der Waals surface area (Å²) in [6.45, 7) is 2.08. The monoisotopic (exact) mass is 303 g/mol. The summed E-state index contributed by atoms with van der Waals surface area (Å²) in [4.78, 5) is 9.12. The number of fused-ring (bicyclic) bond motifs is 1. The zero-order valence-electron chi connectivity index (χ0n) is 10.9. The molecule has 4 nitrogen and oxygen atoms in total. The summed E-state index contributed by atoms with van der Waals surface area (Å²) in [6.07, 6.45) is 2.39. The minimum atomic E-state index is 0.135. The molecule has 0 spiro atoms. The molecular formula is C14H13N3OS2. The topological polar surface area (TPSA) is 51.8 Å². The van der Waals surface area contributed by atoms with Crippen molar-refractivity contribution < 1.29 is 4.52 Å². The highest BCUT2D eigenvalue weighted by molar-refractivity contribution is 8.01. The maximum Gasteiger partial charge on any atom is 0.239 e. The lowest BCUT2D eigenvalue weighted by Crippen LogP contribution is -1.89. The molecule has 1 atom stereocenters. The van der Waals surface area contributed by atoms with Crippen molar-refractivity contribution in [3.05, 3.63) is 36.0 Å². The summed E-state index contributed by atoms with van der Waals surface area (Å²) in [5.74, 6) is 2.11. The van der Waals surface area contributed by atoms with Crippen molar-refractivity contribution >= 4 is 33.3 Å². The Bertz CT molecular complexity index is 715. The van der Waals surface area contributed by atoms with Gasteiger partial charge in [-0.2, -0.15) is 4.98 Å². The molecule has 0 amide bonds. The lowest BCUT2D eigenvalue weighted by Gasteiger charge is -2.01. The second kappa shape index (κ2) is 4.86. The van der Waals surface area contributed by atoms with Gasteiger partial charge in [0.15, 0.2) is 10.2 Å². The molecule has 1 aliphatic carbocycles. The largest absolute Gasteiger partial charge is 0.338 e. The fraction of sp³-hybridized carbons (Fsp3) is 0.357. The maximum absolute atomic E-state index is 5.37. The molecule has 102 valence electrons. The van der Waals surface area contributed by atoms with Crippen molar-refractivity contribution in [1.29, 1.82) is 0 Å². The van der Waals surface area contributed by atoms with Gasteiger partial charge in [0.2, 0.25) is 5.89 Å². The van der Waals surface area contributed by atoms with Crippen LogP contribution in [0.25, 0.3) is 10.2 Å². The molecule has 20 heavy (non-hydrogen) atoms. The van der Waals surface area contributed by atoms with Crippen molar-refractivity contribution in [2.75, 3.05) is 0 Å². The van der Waals surface area contributed by atoms with Crippen LogP contribution >= 0.6 is 23.1 Å². The van der Waals surface area contributed by atoms with E-state index in [0.29, 0.717) is 11.8 Å². The highest BCUT2D eigenvalue weighted by Gasteiger charge is 2.29. The molecule has 1 saturated carbocycles. The smallest absolute Gasteiger partial charge is 0.239 e. The molecule has 2 aromatic heterocycles. The fourth-order valence-corrected chi connectivity index (χ4v) is 4.26. The van der Waals surface area contributed by atoms with Crippen LogP contribution in [-0.4, -0.2) is 15.1 Å². The van der Waals surface area contributed by atoms with Gasteiger partial charge < -0.3 is 4.52 Å². The van der Waals surface area contributed by atoms with Crippen LogP contribution in [-0.2, 0) is 0 Å². The number of thioether (sulfide) groups is 1. The van der Waals surface area contributed by atoms with Gasteiger partial charge in [-0.3, -0.25) is 0 Å². The van der Waals surface area contributed by atoms with Gasteiger partial charge in [-0.25, -0.2) is 4.98 Å². The molecule has 1 fully saturated rings. The number of hydrogen-bond donors (Lipinski definition) is 0. The highest BCUT2D eigenvalue weighted by atomic mass is 32.2. The minimum Gasteiger partial charge on any atom is -0.338 e. The van der Waals surface area contributed by atoms with Crippen molar-refractivity contribution in [2.24, 2.45) is 0 Å². The molecule has 6 heteroatoms. The molecule has 0 radical (unpaired) electrons. The maximum atomic E-state index is 5.37. The molecule has 3 aromatic rings. The van der Waals surface area contributed by atoms with Gasteiger partial charge in [0, 0.05) is 5.92 Å². The summed E-state index contributed by atoms with van der Waals surface area (Å²) >= 11 is 3.39. The standard InChI is InChI=1S/C14H13N3OS2/c1-8(13-16-12(17-18-13)9-6-7-9)19-14-15-10-4-2-3-5-11(10)20-14/h2-5,8-9H,6-7H2,1H3. The quantitative estimate of drug-likeness (QED) is 0.668. The van der Waals surface area contributed by atoms with E-state index in [2.05, 4.69) is 28.1 Å². The van der Waals surface area contributed by atoms with E-state index < -0.39 is 0 Å². The second-order valence-electron chi connectivity index (χ2n) is 4.97. The first-order valence-electron chi connectivity index (χ1n) is 6.65. The van der Waals surface area contributed by atoms with Gasteiger partial charge in [0.05, 0.1) is 15.5 Å². The predicted octanol–water partition coefficient (Wildman–Crippen LogP) is 4.41. The SMILES string of the molecule is CC(Sc1nc2ccccc2s1)c1nc(C2CC2)no1. The number of benzene rings is 1. The number of hydrogen-bond acceptors (Lipinski definition) is 6. The summed E-state index contributed by atoms with van der Waals surface area (Å²) in [5.41, 5.74) is 1.05. The van der Waals surface area contributed by atoms with E-state index in [1.807, 2.05) is 18.2 Å². The van der Waals surface area contributed by atoms with Crippen LogP contribution in [0, 0.1) is 0 Å². The molecular weight excluding hydrogens is 290 g/mol. The van der Waals surface area contributed by atoms with Crippen molar-refractivity contribution in [3.8, 4) is 0 Å². The van der Waals surface area contributed by atoms with Gasteiger partial charge in [0.1, 0.15) is 0 Å². The Kier molecular flexibility index (Phi) is 3.00. The Labute approximate surface area is 124 Å². The average molecular weight is 303 g/mol. The Morgan fingerprint density at radius 1 is 1.30 bits per heavy atom. The highest BCUT2D eigenvalue weighted by Crippen LogP contribution is 2.41. The average Bonchev–Trinajstić information content (AvgIpc) is 3.03. The zero-order chi connectivity index (χ0) is 13.5. The molecule has 4 rings (SSSR count). The van der Waals surface area contributed by atoms with E-state index in [-0.39, 0.29) is 5.25 Å². The number of para-hydroxylation sites is 1. The number of thiazole rings is 1. The van der Waals surface area contributed by atoms with Gasteiger partial charge in [-0.1, -0.05) is 29.1 Å². The summed E-state index contributed by atoms with van der Waals surface area (Å²) in [6, 6.07) is 8.19. The third-order valence-electron chi connectivity index (χ3n) is 3.30. The van der Waals surface area contributed by atoms with Crippen molar-refractivity contribution in [1.82, 2.24) is 15.1 Å². The summed E-state index contributed by atoms with van der Waals surface area (Å²) < 4.78 is 7.63. The first-order chi connectivity index (χ1) is 9.79. The molecule has 1 aliphatic rings. The Balaban J connectivity index is 1.54. The third-order valence-corrected chi connectivity index (χ3v) is 5.52. The molecule has 1 unspecified atom stereocenters. The van der Waals surface area contributed by atoms with Crippen molar-refractivity contribution in [3.63, 3.8) is 0 Å². The minimum absolute atomic E-state index is 0.135. The molecule has 1 aromatic carbocycles. The number of nitrogens with zero attached hydrogens (tertiary/aromatic N) is 3. The number of aromatic nitrogens is 3. The van der Waals surface area contributed by atoms with Gasteiger partial charge in [-0.05, 0) is 31.9 Å². The van der Waals surface area contributed by atoms with Crippen molar-refractivity contribution in [2.45, 2.75) is 35.3 Å². The van der Waals surface area contributed by atoms with Crippen LogP contribution in [0.2, 0.25) is 0 Å². The summed E-state index contributed by atoms with van der Waals surface area (Å²) in [5, 5.41) is 4.20. The van der Waals surface area contributed by atoms with E-state index in [4.69, 9.17) is 4.52 Å². The van der Waals surface area contributed by atoms with E-state index >= 15 is 0 Å². The van der Waals surface area contributed by atoms with Gasteiger partial charge in [0.25, 0.3) is 0 Å². The molecule has 0 saturated heterocycles. The van der Waals surface area contributed by atoms with Gasteiger partial charge >= 0.3 is 0 Å². The first-order valence-corrected chi connectivity index (χ1v) is 8.35. The molecule has 2 heterocycles. The van der Waals surface area contributed by atoms with Crippen LogP contribution in [0.15, 0.2) is 33.1 Å². The van der Waals surface area contributed by atoms with Crippen LogP contribution < -0.4 is 0 Å². The lowest BCUT2D eigenvalue weighted by molar-refractivity contribution is 0.375. The van der Waals surface area contributed by atoms with Crippen LogP contribution in [0.4, 0.5) is 0 Å².